The maximum absolute atomic E-state index is 12.9. The summed E-state index contributed by atoms with van der Waals surface area (Å²) in [6, 6.07) is 1.75. The molecule has 7 heteroatoms. The molecule has 1 aliphatic rings. The fourth-order valence-corrected chi connectivity index (χ4v) is 3.23. The molecule has 32 heavy (non-hydrogen) atoms. The van der Waals surface area contributed by atoms with Crippen LogP contribution in [-0.2, 0) is 4.79 Å². The Labute approximate surface area is 190 Å². The molecule has 1 aliphatic heterocycles. The fraction of sp³-hybridized carbons (Fsp3) is 0.440. The molecule has 0 aromatic carbocycles. The first-order valence-electron chi connectivity index (χ1n) is 11.1. The highest BCUT2D eigenvalue weighted by atomic mass is 16.4. The molecule has 2 heterocycles. The lowest BCUT2D eigenvalue weighted by Gasteiger charge is -2.17. The summed E-state index contributed by atoms with van der Waals surface area (Å²) in [5, 5.41) is 17.0. The average molecular weight is 436 g/mol. The van der Waals surface area contributed by atoms with E-state index < -0.39 is 0 Å². The van der Waals surface area contributed by atoms with Crippen LogP contribution in [-0.4, -0.2) is 34.1 Å². The van der Waals surface area contributed by atoms with Crippen LogP contribution in [0.4, 0.5) is 0 Å². The molecule has 1 aromatic rings. The van der Waals surface area contributed by atoms with E-state index >= 15 is 0 Å². The van der Waals surface area contributed by atoms with Gasteiger partial charge in [0.05, 0.1) is 18.0 Å². The molecule has 2 N–H and O–H groups in total. The zero-order valence-corrected chi connectivity index (χ0v) is 19.4. The van der Waals surface area contributed by atoms with E-state index in [4.69, 9.17) is 15.4 Å². The molecule has 7 nitrogen and oxygen atoms in total. The smallest absolute Gasteiger partial charge is 0.249 e. The minimum atomic E-state index is -0.327. The van der Waals surface area contributed by atoms with E-state index in [-0.39, 0.29) is 17.9 Å². The summed E-state index contributed by atoms with van der Waals surface area (Å²) in [5.74, 6) is 0.810. The lowest BCUT2D eigenvalue weighted by atomic mass is 10.0. The Bertz CT molecular complexity index is 967. The van der Waals surface area contributed by atoms with E-state index in [9.17, 15) is 4.79 Å². The van der Waals surface area contributed by atoms with Gasteiger partial charge in [-0.1, -0.05) is 44.2 Å². The standard InChI is InChI=1S/C25H33N5O2/c1-5-22(25(31)30-13-9-10-14-30)16-21(12-8-6-7-11-18(2)17-26)15-19(3)23-28-29-24(32-23)20(4)27/h6-8,11-12,15-16,19-20H,5,9-10,13-14,27H2,1-4H3/b7-6-,12-8+,18-11+,21-15-,22-16+. The number of allylic oxidation sites excluding steroid dienone is 9. The van der Waals surface area contributed by atoms with Crippen molar-refractivity contribution in [1.29, 1.82) is 5.26 Å². The number of hydrogen-bond donors (Lipinski definition) is 1. The van der Waals surface area contributed by atoms with E-state index in [2.05, 4.69) is 16.3 Å². The van der Waals surface area contributed by atoms with Crippen molar-refractivity contribution >= 4 is 5.91 Å². The van der Waals surface area contributed by atoms with Gasteiger partial charge in [-0.05, 0) is 50.8 Å². The summed E-state index contributed by atoms with van der Waals surface area (Å²) in [7, 11) is 0. The maximum atomic E-state index is 12.9. The molecule has 2 unspecified atom stereocenters. The van der Waals surface area contributed by atoms with Gasteiger partial charge >= 0.3 is 0 Å². The summed E-state index contributed by atoms with van der Waals surface area (Å²) >= 11 is 0. The minimum Gasteiger partial charge on any atom is -0.423 e. The molecule has 170 valence electrons. The normalized spacial score (nSPS) is 17.9. The van der Waals surface area contributed by atoms with Crippen LogP contribution in [0.25, 0.3) is 0 Å². The first kappa shape index (κ1) is 25.0. The van der Waals surface area contributed by atoms with Gasteiger partial charge in [0, 0.05) is 24.2 Å². The highest BCUT2D eigenvalue weighted by Gasteiger charge is 2.21. The summed E-state index contributed by atoms with van der Waals surface area (Å²) in [6.07, 6.45) is 15.9. The van der Waals surface area contributed by atoms with Crippen LogP contribution >= 0.6 is 0 Å². The van der Waals surface area contributed by atoms with Crippen molar-refractivity contribution in [2.45, 2.75) is 58.9 Å². The Kier molecular flexibility index (Phi) is 9.83. The Balaban J connectivity index is 2.32. The largest absolute Gasteiger partial charge is 0.423 e. The number of hydrogen-bond acceptors (Lipinski definition) is 6. The van der Waals surface area contributed by atoms with Crippen molar-refractivity contribution in [3.05, 3.63) is 71.0 Å². The molecule has 0 spiro atoms. The van der Waals surface area contributed by atoms with Crippen LogP contribution in [0.3, 0.4) is 0 Å². The predicted molar refractivity (Wildman–Crippen MR) is 125 cm³/mol. The lowest BCUT2D eigenvalue weighted by Crippen LogP contribution is -2.28. The zero-order valence-electron chi connectivity index (χ0n) is 19.4. The van der Waals surface area contributed by atoms with E-state index in [0.29, 0.717) is 23.8 Å². The van der Waals surface area contributed by atoms with Gasteiger partial charge in [0.2, 0.25) is 17.7 Å². The van der Waals surface area contributed by atoms with Crippen LogP contribution in [0.2, 0.25) is 0 Å². The highest BCUT2D eigenvalue weighted by Crippen LogP contribution is 2.22. The van der Waals surface area contributed by atoms with Crippen LogP contribution in [0, 0.1) is 11.3 Å². The second-order valence-corrected chi connectivity index (χ2v) is 7.95. The van der Waals surface area contributed by atoms with Crippen molar-refractivity contribution in [3.63, 3.8) is 0 Å². The fourth-order valence-electron chi connectivity index (χ4n) is 3.23. The average Bonchev–Trinajstić information content (AvgIpc) is 3.48. The first-order chi connectivity index (χ1) is 15.3. The van der Waals surface area contributed by atoms with Crippen molar-refractivity contribution in [1.82, 2.24) is 15.1 Å². The van der Waals surface area contributed by atoms with E-state index in [1.807, 2.05) is 55.2 Å². The predicted octanol–water partition coefficient (Wildman–Crippen LogP) is 4.66. The van der Waals surface area contributed by atoms with Crippen molar-refractivity contribution < 1.29 is 9.21 Å². The molecule has 0 aliphatic carbocycles. The van der Waals surface area contributed by atoms with Crippen LogP contribution in [0.1, 0.15) is 70.7 Å². The van der Waals surface area contributed by atoms with E-state index in [0.717, 1.165) is 37.1 Å². The minimum absolute atomic E-state index is 0.0945. The van der Waals surface area contributed by atoms with Crippen LogP contribution < -0.4 is 5.73 Å². The van der Waals surface area contributed by atoms with Gasteiger partial charge in [-0.25, -0.2) is 0 Å². The van der Waals surface area contributed by atoms with Gasteiger partial charge in [-0.15, -0.1) is 10.2 Å². The van der Waals surface area contributed by atoms with Crippen molar-refractivity contribution in [3.8, 4) is 6.07 Å². The third kappa shape index (κ3) is 7.47. The number of nitrogens with zero attached hydrogens (tertiary/aromatic N) is 4. The number of nitriles is 1. The molecule has 0 bridgehead atoms. The molecular formula is C25H33N5O2. The molecular weight excluding hydrogens is 402 g/mol. The number of nitrogens with two attached hydrogens (primary N) is 1. The topological polar surface area (TPSA) is 109 Å². The zero-order chi connectivity index (χ0) is 23.5. The third-order valence-electron chi connectivity index (χ3n) is 5.10. The van der Waals surface area contributed by atoms with Gasteiger partial charge in [0.15, 0.2) is 0 Å². The monoisotopic (exact) mass is 435 g/mol. The molecule has 2 rings (SSSR count). The number of rotatable bonds is 9. The number of amides is 1. The van der Waals surface area contributed by atoms with E-state index in [1.165, 1.54) is 0 Å². The summed E-state index contributed by atoms with van der Waals surface area (Å²) in [4.78, 5) is 14.8. The van der Waals surface area contributed by atoms with Crippen molar-refractivity contribution in [2.75, 3.05) is 13.1 Å². The Hall–Kier alpha value is -3.24. The van der Waals surface area contributed by atoms with Gasteiger partial charge in [-0.3, -0.25) is 4.79 Å². The van der Waals surface area contributed by atoms with E-state index in [1.54, 1.807) is 19.9 Å². The molecule has 1 aromatic heterocycles. The van der Waals surface area contributed by atoms with Crippen molar-refractivity contribution in [2.24, 2.45) is 5.73 Å². The van der Waals surface area contributed by atoms with Gasteiger partial charge in [0.25, 0.3) is 0 Å². The molecule has 0 saturated carbocycles. The van der Waals surface area contributed by atoms with Gasteiger partial charge in [-0.2, -0.15) is 5.26 Å². The molecule has 0 radical (unpaired) electrons. The first-order valence-corrected chi connectivity index (χ1v) is 11.1. The summed E-state index contributed by atoms with van der Waals surface area (Å²) in [5.41, 5.74) is 8.09. The number of carbonyl (C=O) groups is 1. The third-order valence-corrected chi connectivity index (χ3v) is 5.10. The number of likely N-dealkylation sites (tertiary alicyclic amines) is 1. The SMILES string of the molecule is CC\C(=C/C(=C\C(C)c1nnc(C(C)N)o1)/C=C/C=C\C=C(/C)C#N)C(=O)N1CCCC1. The molecule has 1 amide bonds. The Morgan fingerprint density at radius 3 is 2.50 bits per heavy atom. The van der Waals surface area contributed by atoms with Crippen LogP contribution in [0.15, 0.2) is 63.7 Å². The number of carbonyl (C=O) groups excluding carboxylic acids is 1. The van der Waals surface area contributed by atoms with Gasteiger partial charge < -0.3 is 15.1 Å². The summed E-state index contributed by atoms with van der Waals surface area (Å²) in [6.45, 7) is 9.13. The second-order valence-electron chi connectivity index (χ2n) is 7.95. The second kappa shape index (κ2) is 12.6. The highest BCUT2D eigenvalue weighted by molar-refractivity contribution is 5.94. The summed E-state index contributed by atoms with van der Waals surface area (Å²) < 4.78 is 5.69. The van der Waals surface area contributed by atoms with Gasteiger partial charge in [0.1, 0.15) is 0 Å². The number of aromatic nitrogens is 2. The Morgan fingerprint density at radius 1 is 1.22 bits per heavy atom. The molecule has 2 atom stereocenters. The molecule has 1 saturated heterocycles. The lowest BCUT2D eigenvalue weighted by molar-refractivity contribution is -0.126. The maximum Gasteiger partial charge on any atom is 0.249 e. The van der Waals surface area contributed by atoms with Crippen LogP contribution in [0.5, 0.6) is 0 Å². The quantitative estimate of drug-likeness (QED) is 0.343. The molecule has 1 fully saturated rings. The Morgan fingerprint density at radius 2 is 1.91 bits per heavy atom.